The number of pyridine rings is 1. The second-order valence-electron chi connectivity index (χ2n) is 7.59. The van der Waals surface area contributed by atoms with Gasteiger partial charge in [0, 0.05) is 43.7 Å². The number of nitrogens with one attached hydrogen (secondary N) is 1. The maximum absolute atomic E-state index is 13.5. The fourth-order valence-electron chi connectivity index (χ4n) is 4.09. The van der Waals surface area contributed by atoms with Crippen molar-refractivity contribution in [1.82, 2.24) is 14.9 Å². The first-order valence-electron chi connectivity index (χ1n) is 10.3. The predicted octanol–water partition coefficient (Wildman–Crippen LogP) is 3.96. The van der Waals surface area contributed by atoms with E-state index in [1.165, 1.54) is 17.8 Å². The number of methoxy groups -OCH3 is 1. The number of benzene rings is 1. The van der Waals surface area contributed by atoms with Crippen LogP contribution in [0.4, 0.5) is 9.52 Å². The molecule has 4 rings (SSSR count). The summed E-state index contributed by atoms with van der Waals surface area (Å²) in [6.07, 6.45) is 4.01. The standard InChI is InChI=1S/C23H25FN4O2S/c1-30-12-9-26-22-27-20(16-31-22)23(18-5-3-2-4-6-18)7-10-28(11-8-23)21(29)17-13-19(24)15-25-14-17/h2-6,13-16H,7-12H2,1H3,(H,26,27). The first-order valence-corrected chi connectivity index (χ1v) is 11.1. The van der Waals surface area contributed by atoms with Crippen LogP contribution >= 0.6 is 11.3 Å². The molecule has 8 heteroatoms. The number of aromatic nitrogens is 2. The highest BCUT2D eigenvalue weighted by molar-refractivity contribution is 7.13. The van der Waals surface area contributed by atoms with E-state index in [1.54, 1.807) is 23.3 Å². The third-order valence-electron chi connectivity index (χ3n) is 5.76. The highest BCUT2D eigenvalue weighted by atomic mass is 32.1. The number of anilines is 1. The predicted molar refractivity (Wildman–Crippen MR) is 119 cm³/mol. The Hall–Kier alpha value is -2.84. The van der Waals surface area contributed by atoms with Crippen LogP contribution in [-0.4, -0.2) is 54.1 Å². The van der Waals surface area contributed by atoms with E-state index in [2.05, 4.69) is 27.8 Å². The molecular formula is C23H25FN4O2S. The number of hydrogen-bond donors (Lipinski definition) is 1. The summed E-state index contributed by atoms with van der Waals surface area (Å²) in [4.78, 5) is 23.3. The summed E-state index contributed by atoms with van der Waals surface area (Å²) in [5.74, 6) is -0.689. The number of thiazole rings is 1. The van der Waals surface area contributed by atoms with E-state index in [0.717, 1.165) is 29.9 Å². The van der Waals surface area contributed by atoms with Gasteiger partial charge in [0.05, 0.1) is 24.1 Å². The maximum Gasteiger partial charge on any atom is 0.255 e. The van der Waals surface area contributed by atoms with E-state index < -0.39 is 5.82 Å². The zero-order chi connectivity index (χ0) is 21.7. The molecule has 1 aliphatic rings. The monoisotopic (exact) mass is 440 g/mol. The average Bonchev–Trinajstić information content (AvgIpc) is 3.29. The molecule has 1 aliphatic heterocycles. The van der Waals surface area contributed by atoms with E-state index in [0.29, 0.717) is 26.2 Å². The van der Waals surface area contributed by atoms with Crippen LogP contribution in [-0.2, 0) is 10.2 Å². The van der Waals surface area contributed by atoms with Gasteiger partial charge in [0.2, 0.25) is 0 Å². The van der Waals surface area contributed by atoms with Crippen LogP contribution in [0.2, 0.25) is 0 Å². The number of amides is 1. The molecule has 3 heterocycles. The maximum atomic E-state index is 13.5. The second-order valence-corrected chi connectivity index (χ2v) is 8.45. The molecule has 0 atom stereocenters. The van der Waals surface area contributed by atoms with Gasteiger partial charge in [-0.05, 0) is 24.5 Å². The van der Waals surface area contributed by atoms with Gasteiger partial charge in [-0.1, -0.05) is 30.3 Å². The van der Waals surface area contributed by atoms with Crippen molar-refractivity contribution < 1.29 is 13.9 Å². The topological polar surface area (TPSA) is 67.3 Å². The molecular weight excluding hydrogens is 415 g/mol. The molecule has 0 spiro atoms. The van der Waals surface area contributed by atoms with E-state index in [9.17, 15) is 9.18 Å². The molecule has 6 nitrogen and oxygen atoms in total. The summed E-state index contributed by atoms with van der Waals surface area (Å²) >= 11 is 1.58. The number of nitrogens with zero attached hydrogens (tertiary/aromatic N) is 3. The van der Waals surface area contributed by atoms with Crippen LogP contribution in [0.15, 0.2) is 54.2 Å². The van der Waals surface area contributed by atoms with Gasteiger partial charge in [-0.25, -0.2) is 9.37 Å². The molecule has 1 N–H and O–H groups in total. The van der Waals surface area contributed by atoms with Crippen molar-refractivity contribution in [3.05, 3.63) is 76.8 Å². The zero-order valence-electron chi connectivity index (χ0n) is 17.4. The van der Waals surface area contributed by atoms with Gasteiger partial charge in [0.1, 0.15) is 5.82 Å². The molecule has 0 bridgehead atoms. The summed E-state index contributed by atoms with van der Waals surface area (Å²) in [5, 5.41) is 6.28. The van der Waals surface area contributed by atoms with Gasteiger partial charge in [0.25, 0.3) is 5.91 Å². The molecule has 1 amide bonds. The van der Waals surface area contributed by atoms with Crippen molar-refractivity contribution in [2.45, 2.75) is 18.3 Å². The van der Waals surface area contributed by atoms with Crippen LogP contribution in [0.25, 0.3) is 0 Å². The van der Waals surface area contributed by atoms with Crippen LogP contribution in [0.3, 0.4) is 0 Å². The molecule has 0 aliphatic carbocycles. The Morgan fingerprint density at radius 1 is 1.26 bits per heavy atom. The summed E-state index contributed by atoms with van der Waals surface area (Å²) in [7, 11) is 1.67. The minimum absolute atomic E-state index is 0.186. The fraction of sp³-hybridized carbons (Fsp3) is 0.348. The highest BCUT2D eigenvalue weighted by Crippen LogP contribution is 2.42. The largest absolute Gasteiger partial charge is 0.383 e. The minimum atomic E-state index is -0.502. The Labute approximate surface area is 185 Å². The number of hydrogen-bond acceptors (Lipinski definition) is 6. The smallest absolute Gasteiger partial charge is 0.255 e. The van der Waals surface area contributed by atoms with Crippen LogP contribution in [0.1, 0.15) is 34.5 Å². The Bertz CT molecular complexity index is 1020. The summed E-state index contributed by atoms with van der Waals surface area (Å²) < 4.78 is 18.6. The van der Waals surface area contributed by atoms with Crippen molar-refractivity contribution in [3.63, 3.8) is 0 Å². The van der Waals surface area contributed by atoms with E-state index in [4.69, 9.17) is 9.72 Å². The normalized spacial score (nSPS) is 15.6. The number of piperidine rings is 1. The number of ether oxygens (including phenoxy) is 1. The number of likely N-dealkylation sites (tertiary alicyclic amines) is 1. The van der Waals surface area contributed by atoms with Gasteiger partial charge >= 0.3 is 0 Å². The molecule has 0 unspecified atom stereocenters. The first kappa shape index (κ1) is 21.4. The molecule has 31 heavy (non-hydrogen) atoms. The Morgan fingerprint density at radius 2 is 2.03 bits per heavy atom. The lowest BCUT2D eigenvalue weighted by Gasteiger charge is -2.41. The second kappa shape index (κ2) is 9.53. The number of carbonyl (C=O) groups is 1. The van der Waals surface area contributed by atoms with Gasteiger partial charge in [-0.3, -0.25) is 9.78 Å². The lowest BCUT2D eigenvalue weighted by Crippen LogP contribution is -2.46. The quantitative estimate of drug-likeness (QED) is 0.564. The van der Waals surface area contributed by atoms with Crippen molar-refractivity contribution in [2.24, 2.45) is 0 Å². The lowest BCUT2D eigenvalue weighted by atomic mass is 9.70. The van der Waals surface area contributed by atoms with E-state index in [1.807, 2.05) is 18.2 Å². The summed E-state index contributed by atoms with van der Waals surface area (Å²) in [5.41, 5.74) is 2.23. The van der Waals surface area contributed by atoms with Crippen LogP contribution in [0.5, 0.6) is 0 Å². The summed E-state index contributed by atoms with van der Waals surface area (Å²) in [6.45, 7) is 2.44. The molecule has 3 aromatic rings. The number of halogens is 1. The van der Waals surface area contributed by atoms with Crippen molar-refractivity contribution in [3.8, 4) is 0 Å². The van der Waals surface area contributed by atoms with E-state index in [-0.39, 0.29) is 16.9 Å². The van der Waals surface area contributed by atoms with Gasteiger partial charge in [0.15, 0.2) is 5.13 Å². The first-order chi connectivity index (χ1) is 15.1. The third kappa shape index (κ3) is 4.60. The lowest BCUT2D eigenvalue weighted by molar-refractivity contribution is 0.0683. The van der Waals surface area contributed by atoms with E-state index >= 15 is 0 Å². The summed E-state index contributed by atoms with van der Waals surface area (Å²) in [6, 6.07) is 11.6. The van der Waals surface area contributed by atoms with Gasteiger partial charge in [-0.2, -0.15) is 0 Å². The highest BCUT2D eigenvalue weighted by Gasteiger charge is 2.41. The third-order valence-corrected chi connectivity index (χ3v) is 6.56. The van der Waals surface area contributed by atoms with Crippen molar-refractivity contribution in [2.75, 3.05) is 38.7 Å². The molecule has 1 saturated heterocycles. The molecule has 0 saturated carbocycles. The average molecular weight is 441 g/mol. The van der Waals surface area contributed by atoms with Gasteiger partial charge in [-0.15, -0.1) is 11.3 Å². The Balaban J connectivity index is 1.56. The SMILES string of the molecule is COCCNc1nc(C2(c3ccccc3)CCN(C(=O)c3cncc(F)c3)CC2)cs1. The van der Waals surface area contributed by atoms with Gasteiger partial charge < -0.3 is 15.0 Å². The van der Waals surface area contributed by atoms with Crippen LogP contribution in [0, 0.1) is 5.82 Å². The van der Waals surface area contributed by atoms with Crippen LogP contribution < -0.4 is 5.32 Å². The molecule has 1 aromatic carbocycles. The number of carbonyl (C=O) groups excluding carboxylic acids is 1. The van der Waals surface area contributed by atoms with Crippen molar-refractivity contribution >= 4 is 22.4 Å². The van der Waals surface area contributed by atoms with Crippen molar-refractivity contribution in [1.29, 1.82) is 0 Å². The fourth-order valence-corrected chi connectivity index (χ4v) is 4.93. The number of rotatable bonds is 7. The Morgan fingerprint density at radius 3 is 2.74 bits per heavy atom. The molecule has 162 valence electrons. The Kier molecular flexibility index (Phi) is 6.58. The molecule has 1 fully saturated rings. The zero-order valence-corrected chi connectivity index (χ0v) is 18.2. The molecule has 0 radical (unpaired) electrons. The molecule has 2 aromatic heterocycles. The minimum Gasteiger partial charge on any atom is -0.383 e.